The number of rotatable bonds is 8. The maximum atomic E-state index is 9.80. The molecule has 2 aromatic rings. The molecule has 2 rings (SSSR count). The molecule has 0 radical (unpaired) electrons. The zero-order valence-electron chi connectivity index (χ0n) is 13.5. The summed E-state index contributed by atoms with van der Waals surface area (Å²) in [6.07, 6.45) is 2.34. The molecule has 1 aromatic carbocycles. The lowest BCUT2D eigenvalue weighted by Crippen LogP contribution is -2.23. The Morgan fingerprint density at radius 3 is 2.64 bits per heavy atom. The van der Waals surface area contributed by atoms with Crippen molar-refractivity contribution in [2.24, 2.45) is 5.92 Å². The largest absolute Gasteiger partial charge is 0.497 e. The quantitative estimate of drug-likeness (QED) is 0.656. The molecule has 22 heavy (non-hydrogen) atoms. The molecule has 3 N–H and O–H groups in total. The molecule has 0 aliphatic rings. The molecule has 0 bridgehead atoms. The molecule has 1 aromatic heterocycles. The number of H-pyrrole nitrogens is 1. The van der Waals surface area contributed by atoms with Crippen LogP contribution in [0.3, 0.4) is 0 Å². The lowest BCUT2D eigenvalue weighted by molar-refractivity contribution is 0.116. The van der Waals surface area contributed by atoms with Gasteiger partial charge in [0.15, 0.2) is 0 Å². The Morgan fingerprint density at radius 2 is 2.00 bits per heavy atom. The van der Waals surface area contributed by atoms with Crippen molar-refractivity contribution in [2.75, 3.05) is 13.7 Å². The predicted molar refractivity (Wildman–Crippen MR) is 87.7 cm³/mol. The third kappa shape index (κ3) is 4.32. The van der Waals surface area contributed by atoms with Crippen molar-refractivity contribution in [1.29, 1.82) is 0 Å². The van der Waals surface area contributed by atoms with E-state index in [-0.39, 0.29) is 6.10 Å². The molecule has 0 saturated heterocycles. The highest BCUT2D eigenvalue weighted by Gasteiger charge is 2.10. The van der Waals surface area contributed by atoms with Crippen LogP contribution in [0.2, 0.25) is 0 Å². The summed E-state index contributed by atoms with van der Waals surface area (Å²) < 4.78 is 5.18. The number of hydrogen-bond acceptors (Lipinski definition) is 4. The Balaban J connectivity index is 1.92. The van der Waals surface area contributed by atoms with Crippen molar-refractivity contribution < 1.29 is 9.84 Å². The Hall–Kier alpha value is -1.85. The third-order valence-corrected chi connectivity index (χ3v) is 3.80. The van der Waals surface area contributed by atoms with Crippen LogP contribution >= 0.6 is 0 Å². The van der Waals surface area contributed by atoms with Crippen LogP contribution in [0.15, 0.2) is 30.5 Å². The van der Waals surface area contributed by atoms with Crippen molar-refractivity contribution in [2.45, 2.75) is 32.9 Å². The number of methoxy groups -OCH3 is 1. The van der Waals surface area contributed by atoms with Gasteiger partial charge in [-0.05, 0) is 43.1 Å². The van der Waals surface area contributed by atoms with E-state index in [4.69, 9.17) is 4.74 Å². The fourth-order valence-electron chi connectivity index (χ4n) is 2.26. The molecular weight excluding hydrogens is 278 g/mol. The first kappa shape index (κ1) is 16.5. The van der Waals surface area contributed by atoms with E-state index < -0.39 is 0 Å². The molecular formula is C17H25N3O2. The maximum Gasteiger partial charge on any atom is 0.118 e. The second-order valence-electron chi connectivity index (χ2n) is 5.78. The summed E-state index contributed by atoms with van der Waals surface area (Å²) in [6, 6.07) is 7.90. The van der Waals surface area contributed by atoms with Gasteiger partial charge in [0, 0.05) is 17.7 Å². The first-order chi connectivity index (χ1) is 10.6. The van der Waals surface area contributed by atoms with Crippen LogP contribution in [0.1, 0.15) is 25.8 Å². The summed E-state index contributed by atoms with van der Waals surface area (Å²) in [4.78, 5) is 0. The highest BCUT2D eigenvalue weighted by atomic mass is 16.5. The molecule has 1 unspecified atom stereocenters. The first-order valence-corrected chi connectivity index (χ1v) is 7.67. The number of nitrogens with one attached hydrogen (secondary N) is 2. The van der Waals surface area contributed by atoms with Crippen molar-refractivity contribution in [1.82, 2.24) is 15.5 Å². The van der Waals surface area contributed by atoms with Crippen LogP contribution in [0.5, 0.6) is 5.75 Å². The molecule has 5 heteroatoms. The third-order valence-electron chi connectivity index (χ3n) is 3.80. The number of aliphatic hydroxyl groups excluding tert-OH is 1. The van der Waals surface area contributed by atoms with Crippen molar-refractivity contribution in [3.8, 4) is 17.0 Å². The van der Waals surface area contributed by atoms with E-state index in [1.807, 2.05) is 44.3 Å². The summed E-state index contributed by atoms with van der Waals surface area (Å²) in [5.74, 6) is 1.14. The van der Waals surface area contributed by atoms with Gasteiger partial charge in [0.05, 0.1) is 25.1 Å². The van der Waals surface area contributed by atoms with E-state index in [0.717, 1.165) is 42.1 Å². The predicted octanol–water partition coefficient (Wildman–Crippen LogP) is 2.58. The van der Waals surface area contributed by atoms with Gasteiger partial charge >= 0.3 is 0 Å². The number of ether oxygens (including phenoxy) is 1. The van der Waals surface area contributed by atoms with Crippen LogP contribution in [0, 0.1) is 5.92 Å². The van der Waals surface area contributed by atoms with Gasteiger partial charge in [-0.2, -0.15) is 5.10 Å². The summed E-state index contributed by atoms with van der Waals surface area (Å²) in [5.41, 5.74) is 3.21. The van der Waals surface area contributed by atoms with Gasteiger partial charge in [-0.3, -0.25) is 5.10 Å². The van der Waals surface area contributed by atoms with Crippen molar-refractivity contribution >= 4 is 0 Å². The van der Waals surface area contributed by atoms with Gasteiger partial charge < -0.3 is 15.2 Å². The van der Waals surface area contributed by atoms with Gasteiger partial charge in [0.2, 0.25) is 0 Å². The van der Waals surface area contributed by atoms with Gasteiger partial charge in [-0.25, -0.2) is 0 Å². The fourth-order valence-corrected chi connectivity index (χ4v) is 2.26. The minimum atomic E-state index is -0.252. The molecule has 0 fully saturated rings. The van der Waals surface area contributed by atoms with E-state index in [1.54, 1.807) is 7.11 Å². The normalized spacial score (nSPS) is 12.6. The van der Waals surface area contributed by atoms with Gasteiger partial charge in [0.25, 0.3) is 0 Å². The first-order valence-electron chi connectivity index (χ1n) is 7.67. The molecule has 120 valence electrons. The molecule has 0 aliphatic carbocycles. The van der Waals surface area contributed by atoms with Gasteiger partial charge in [0.1, 0.15) is 5.75 Å². The number of benzene rings is 1. The lowest BCUT2D eigenvalue weighted by Gasteiger charge is -2.14. The van der Waals surface area contributed by atoms with Crippen LogP contribution in [-0.2, 0) is 6.54 Å². The Bertz CT molecular complexity index is 564. The second-order valence-corrected chi connectivity index (χ2v) is 5.78. The topological polar surface area (TPSA) is 70.2 Å². The van der Waals surface area contributed by atoms with Crippen LogP contribution in [-0.4, -0.2) is 35.1 Å². The van der Waals surface area contributed by atoms with E-state index in [1.165, 1.54) is 0 Å². The molecule has 0 aliphatic heterocycles. The molecule has 1 atom stereocenters. The van der Waals surface area contributed by atoms with Crippen molar-refractivity contribution in [3.63, 3.8) is 0 Å². The summed E-state index contributed by atoms with van der Waals surface area (Å²) in [6.45, 7) is 5.57. The second kappa shape index (κ2) is 7.96. The van der Waals surface area contributed by atoms with Crippen LogP contribution in [0.4, 0.5) is 0 Å². The molecule has 1 heterocycles. The smallest absolute Gasteiger partial charge is 0.118 e. The lowest BCUT2D eigenvalue weighted by atomic mass is 10.0. The zero-order valence-corrected chi connectivity index (χ0v) is 13.5. The minimum Gasteiger partial charge on any atom is -0.497 e. The Labute approximate surface area is 131 Å². The van der Waals surface area contributed by atoms with Crippen LogP contribution in [0.25, 0.3) is 11.3 Å². The zero-order chi connectivity index (χ0) is 15.9. The van der Waals surface area contributed by atoms with E-state index in [0.29, 0.717) is 5.92 Å². The molecule has 0 spiro atoms. The number of hydrogen-bond donors (Lipinski definition) is 3. The molecule has 5 nitrogen and oxygen atoms in total. The summed E-state index contributed by atoms with van der Waals surface area (Å²) in [7, 11) is 1.66. The van der Waals surface area contributed by atoms with Crippen LogP contribution < -0.4 is 10.1 Å². The molecule has 0 amide bonds. The van der Waals surface area contributed by atoms with E-state index in [2.05, 4.69) is 15.5 Å². The SMILES string of the molecule is COc1ccc(-c2[nH]ncc2CNCCC(O)C(C)C)cc1. The Kier molecular flexibility index (Phi) is 5.98. The average molecular weight is 303 g/mol. The standard InChI is InChI=1S/C17H25N3O2/c1-12(2)16(21)8-9-18-10-14-11-19-20-17(14)13-4-6-15(22-3)7-5-13/h4-7,11-12,16,18,21H,8-10H2,1-3H3,(H,19,20). The van der Waals surface area contributed by atoms with Crippen molar-refractivity contribution in [3.05, 3.63) is 36.0 Å². The Morgan fingerprint density at radius 1 is 1.27 bits per heavy atom. The number of aliphatic hydroxyl groups is 1. The minimum absolute atomic E-state index is 0.252. The number of nitrogens with zero attached hydrogens (tertiary/aromatic N) is 1. The monoisotopic (exact) mass is 303 g/mol. The fraction of sp³-hybridized carbons (Fsp3) is 0.471. The van der Waals surface area contributed by atoms with E-state index >= 15 is 0 Å². The number of aromatic amines is 1. The summed E-state index contributed by atoms with van der Waals surface area (Å²) in [5, 5.41) is 20.3. The summed E-state index contributed by atoms with van der Waals surface area (Å²) >= 11 is 0. The van der Waals surface area contributed by atoms with Gasteiger partial charge in [-0.15, -0.1) is 0 Å². The van der Waals surface area contributed by atoms with E-state index in [9.17, 15) is 5.11 Å². The van der Waals surface area contributed by atoms with Gasteiger partial charge in [-0.1, -0.05) is 13.8 Å². The molecule has 0 saturated carbocycles. The average Bonchev–Trinajstić information content (AvgIpc) is 2.99. The highest BCUT2D eigenvalue weighted by Crippen LogP contribution is 2.23. The highest BCUT2D eigenvalue weighted by molar-refractivity contribution is 5.63. The maximum absolute atomic E-state index is 9.80. The number of aromatic nitrogens is 2.